The van der Waals surface area contributed by atoms with Gasteiger partial charge in [-0.1, -0.05) is 78.4 Å². The molecule has 0 amide bonds. The smallest absolute Gasteiger partial charge is 0.243 e. The van der Waals surface area contributed by atoms with Crippen molar-refractivity contribution in [2.24, 2.45) is 0 Å². The first-order valence-electron chi connectivity index (χ1n) is 9.23. The maximum Gasteiger partial charge on any atom is 0.243 e. The Morgan fingerprint density at radius 1 is 0.931 bits per heavy atom. The Hall–Kier alpha value is -2.91. The Labute approximate surface area is 172 Å². The molecule has 0 aliphatic rings. The maximum absolute atomic E-state index is 13.2. The summed E-state index contributed by atoms with van der Waals surface area (Å²) >= 11 is 0. The molecule has 3 rings (SSSR count). The van der Waals surface area contributed by atoms with Crippen LogP contribution in [0.2, 0.25) is 0 Å². The number of terminal acetylenes is 1. The molecule has 0 aliphatic carbocycles. The number of sulfonamides is 1. The van der Waals surface area contributed by atoms with Gasteiger partial charge in [0, 0.05) is 5.56 Å². The van der Waals surface area contributed by atoms with Crippen molar-refractivity contribution in [3.8, 4) is 12.3 Å². The topological polar surface area (TPSA) is 55.4 Å². The summed E-state index contributed by atoms with van der Waals surface area (Å²) in [6.07, 6.45) is 5.67. The number of hydrogen-bond acceptors (Lipinski definition) is 3. The summed E-state index contributed by atoms with van der Waals surface area (Å²) in [6, 6.07) is 25.3. The Bertz CT molecular complexity index is 1070. The van der Waals surface area contributed by atoms with Crippen LogP contribution in [0.1, 0.15) is 23.1 Å². The van der Waals surface area contributed by atoms with E-state index in [2.05, 4.69) is 10.6 Å². The highest BCUT2D eigenvalue weighted by molar-refractivity contribution is 7.89. The molecule has 0 bridgehead atoms. The van der Waals surface area contributed by atoms with Crippen LogP contribution in [-0.2, 0) is 27.1 Å². The molecule has 5 heteroatoms. The summed E-state index contributed by atoms with van der Waals surface area (Å²) < 4.78 is 35.2. The van der Waals surface area contributed by atoms with E-state index >= 15 is 0 Å². The molecule has 0 saturated carbocycles. The van der Waals surface area contributed by atoms with Gasteiger partial charge in [-0.15, -0.1) is 12.3 Å². The van der Waals surface area contributed by atoms with Gasteiger partial charge < -0.3 is 4.74 Å². The zero-order valence-corrected chi connectivity index (χ0v) is 17.0. The van der Waals surface area contributed by atoms with Gasteiger partial charge in [-0.25, -0.2) is 8.42 Å². The van der Waals surface area contributed by atoms with Crippen molar-refractivity contribution < 1.29 is 13.2 Å². The highest BCUT2D eigenvalue weighted by Gasteiger charge is 2.37. The van der Waals surface area contributed by atoms with Gasteiger partial charge in [-0.2, -0.15) is 4.72 Å². The summed E-state index contributed by atoms with van der Waals surface area (Å²) in [7, 11) is -3.88. The average Bonchev–Trinajstić information content (AvgIpc) is 2.74. The first-order chi connectivity index (χ1) is 14.0. The van der Waals surface area contributed by atoms with E-state index in [1.54, 1.807) is 36.4 Å². The second kappa shape index (κ2) is 9.06. The monoisotopic (exact) mass is 405 g/mol. The Balaban J connectivity index is 2.01. The summed E-state index contributed by atoms with van der Waals surface area (Å²) in [5.41, 5.74) is 1.14. The molecular weight excluding hydrogens is 382 g/mol. The van der Waals surface area contributed by atoms with E-state index < -0.39 is 15.7 Å². The molecule has 148 valence electrons. The van der Waals surface area contributed by atoms with Crippen molar-refractivity contribution in [2.45, 2.75) is 30.6 Å². The van der Waals surface area contributed by atoms with E-state index in [0.29, 0.717) is 5.56 Å². The molecule has 0 radical (unpaired) electrons. The molecule has 3 aromatic rings. The molecule has 0 saturated heterocycles. The van der Waals surface area contributed by atoms with Crippen LogP contribution in [0.5, 0.6) is 0 Å². The van der Waals surface area contributed by atoms with Crippen LogP contribution in [0, 0.1) is 19.3 Å². The quantitative estimate of drug-likeness (QED) is 0.447. The molecule has 3 aromatic carbocycles. The lowest BCUT2D eigenvalue weighted by atomic mass is 10.0. The molecule has 29 heavy (non-hydrogen) atoms. The number of hydrogen-bond donors (Lipinski definition) is 1. The normalized spacial score (nSPS) is 13.4. The van der Waals surface area contributed by atoms with Crippen LogP contribution in [0.4, 0.5) is 0 Å². The minimum atomic E-state index is -3.88. The average molecular weight is 406 g/mol. The third-order valence-corrected chi connectivity index (χ3v) is 6.04. The lowest BCUT2D eigenvalue weighted by molar-refractivity contribution is -0.0677. The van der Waals surface area contributed by atoms with Crippen molar-refractivity contribution >= 4 is 10.0 Å². The van der Waals surface area contributed by atoms with Gasteiger partial charge in [0.1, 0.15) is 0 Å². The van der Waals surface area contributed by atoms with Gasteiger partial charge in [0.2, 0.25) is 10.0 Å². The molecule has 0 heterocycles. The van der Waals surface area contributed by atoms with Gasteiger partial charge >= 0.3 is 0 Å². The van der Waals surface area contributed by atoms with Crippen molar-refractivity contribution in [2.75, 3.05) is 0 Å². The molecule has 1 N–H and O–H groups in total. The predicted molar refractivity (Wildman–Crippen MR) is 114 cm³/mol. The highest BCUT2D eigenvalue weighted by Crippen LogP contribution is 2.30. The zero-order chi connectivity index (χ0) is 20.7. The van der Waals surface area contributed by atoms with E-state index in [4.69, 9.17) is 11.2 Å². The number of aryl methyl sites for hydroxylation is 1. The fourth-order valence-electron chi connectivity index (χ4n) is 2.99. The standard InChI is InChI=1S/C24H23NO3S/c1-3-18-24(22-12-8-5-9-13-22,28-19-21-10-6-4-7-11-21)25-29(26,27)23-16-14-20(2)15-17-23/h1,4-17,25H,18-19H2,2H3. The third kappa shape index (κ3) is 5.12. The summed E-state index contributed by atoms with van der Waals surface area (Å²) in [5, 5.41) is 0. The molecule has 0 spiro atoms. The van der Waals surface area contributed by atoms with Crippen molar-refractivity contribution in [3.05, 3.63) is 102 Å². The Kier molecular flexibility index (Phi) is 6.50. The van der Waals surface area contributed by atoms with E-state index in [0.717, 1.165) is 11.1 Å². The van der Waals surface area contributed by atoms with Gasteiger partial charge in [-0.3, -0.25) is 0 Å². The van der Waals surface area contributed by atoms with E-state index in [-0.39, 0.29) is 17.9 Å². The molecule has 1 atom stereocenters. The summed E-state index contributed by atoms with van der Waals surface area (Å²) in [5.74, 6) is 2.57. The molecule has 4 nitrogen and oxygen atoms in total. The van der Waals surface area contributed by atoms with E-state index in [1.165, 1.54) is 0 Å². The van der Waals surface area contributed by atoms with Crippen LogP contribution < -0.4 is 4.72 Å². The first kappa shape index (κ1) is 20.8. The Morgan fingerprint density at radius 3 is 2.10 bits per heavy atom. The maximum atomic E-state index is 13.2. The van der Waals surface area contributed by atoms with Crippen molar-refractivity contribution in [3.63, 3.8) is 0 Å². The van der Waals surface area contributed by atoms with Crippen LogP contribution >= 0.6 is 0 Å². The van der Waals surface area contributed by atoms with Crippen molar-refractivity contribution in [1.29, 1.82) is 0 Å². The molecule has 0 aromatic heterocycles. The zero-order valence-electron chi connectivity index (χ0n) is 16.2. The lowest BCUT2D eigenvalue weighted by Gasteiger charge is -2.33. The third-order valence-electron chi connectivity index (χ3n) is 4.55. The summed E-state index contributed by atoms with van der Waals surface area (Å²) in [6.45, 7) is 2.10. The molecular formula is C24H23NO3S. The van der Waals surface area contributed by atoms with E-state index in [1.807, 2.05) is 55.5 Å². The lowest BCUT2D eigenvalue weighted by Crippen LogP contribution is -2.47. The van der Waals surface area contributed by atoms with Crippen molar-refractivity contribution in [1.82, 2.24) is 4.72 Å². The largest absolute Gasteiger partial charge is 0.350 e. The second-order valence-corrected chi connectivity index (χ2v) is 8.45. The fraction of sp³-hybridized carbons (Fsp3) is 0.167. The van der Waals surface area contributed by atoms with Gasteiger partial charge in [0.25, 0.3) is 0 Å². The SMILES string of the molecule is C#CCC(NS(=O)(=O)c1ccc(C)cc1)(OCc1ccccc1)c1ccccc1. The minimum Gasteiger partial charge on any atom is -0.350 e. The van der Waals surface area contributed by atoms with Gasteiger partial charge in [0.15, 0.2) is 5.72 Å². The number of ether oxygens (including phenoxy) is 1. The van der Waals surface area contributed by atoms with Crippen LogP contribution in [0.15, 0.2) is 89.8 Å². The molecule has 1 unspecified atom stereocenters. The van der Waals surface area contributed by atoms with E-state index in [9.17, 15) is 8.42 Å². The number of rotatable bonds is 8. The predicted octanol–water partition coefficient (Wildman–Crippen LogP) is 4.37. The van der Waals surface area contributed by atoms with Gasteiger partial charge in [0.05, 0.1) is 17.9 Å². The molecule has 0 fully saturated rings. The Morgan fingerprint density at radius 2 is 1.52 bits per heavy atom. The summed E-state index contributed by atoms with van der Waals surface area (Å²) in [4.78, 5) is 0.156. The highest BCUT2D eigenvalue weighted by atomic mass is 32.2. The number of benzene rings is 3. The minimum absolute atomic E-state index is 0.0366. The first-order valence-corrected chi connectivity index (χ1v) is 10.7. The second-order valence-electron chi connectivity index (χ2n) is 6.77. The van der Waals surface area contributed by atoms with Crippen LogP contribution in [0.25, 0.3) is 0 Å². The van der Waals surface area contributed by atoms with Crippen LogP contribution in [0.3, 0.4) is 0 Å². The van der Waals surface area contributed by atoms with Gasteiger partial charge in [-0.05, 0) is 24.6 Å². The molecule has 0 aliphatic heterocycles. The fourth-order valence-corrected chi connectivity index (χ4v) is 4.28. The number of nitrogens with one attached hydrogen (secondary N) is 1. The van der Waals surface area contributed by atoms with Crippen LogP contribution in [-0.4, -0.2) is 8.42 Å².